The minimum Gasteiger partial charge on any atom is -0.379 e. The molecule has 0 bridgehead atoms. The first-order chi connectivity index (χ1) is 11.7. The summed E-state index contributed by atoms with van der Waals surface area (Å²) in [7, 11) is 0. The lowest BCUT2D eigenvalue weighted by Gasteiger charge is -2.38. The molecule has 2 heterocycles. The Hall–Kier alpha value is -1.46. The molecule has 1 unspecified atom stereocenters. The van der Waals surface area contributed by atoms with Gasteiger partial charge in [-0.15, -0.1) is 0 Å². The number of amides is 1. The maximum Gasteiger partial charge on any atom is 0.220 e. The number of nitrogens with one attached hydrogen (secondary N) is 1. The number of aryl methyl sites for hydroxylation is 1. The van der Waals surface area contributed by atoms with E-state index in [9.17, 15) is 4.79 Å². The molecule has 24 heavy (non-hydrogen) atoms. The predicted molar refractivity (Wildman–Crippen MR) is 95.8 cm³/mol. The molecule has 2 rings (SSSR count). The Kier molecular flexibility index (Phi) is 8.19. The number of carbonyl (C=O) groups is 1. The van der Waals surface area contributed by atoms with E-state index in [1.807, 2.05) is 18.3 Å². The van der Waals surface area contributed by atoms with E-state index in [-0.39, 0.29) is 5.91 Å². The third-order valence-corrected chi connectivity index (χ3v) is 4.98. The Balaban J connectivity index is 1.83. The Morgan fingerprint density at radius 2 is 2.08 bits per heavy atom. The van der Waals surface area contributed by atoms with Crippen molar-refractivity contribution in [2.45, 2.75) is 45.6 Å². The fourth-order valence-electron chi connectivity index (χ4n) is 3.45. The number of carbonyl (C=O) groups excluding carboxylic acids is 1. The topological polar surface area (TPSA) is 54.5 Å². The van der Waals surface area contributed by atoms with E-state index in [2.05, 4.69) is 29.0 Å². The molecule has 1 fully saturated rings. The predicted octanol–water partition coefficient (Wildman–Crippen LogP) is 2.27. The van der Waals surface area contributed by atoms with Crippen LogP contribution in [-0.4, -0.2) is 54.7 Å². The number of aromatic nitrogens is 1. The number of ether oxygens (including phenoxy) is 1. The largest absolute Gasteiger partial charge is 0.379 e. The summed E-state index contributed by atoms with van der Waals surface area (Å²) >= 11 is 0. The van der Waals surface area contributed by atoms with Gasteiger partial charge in [-0.2, -0.15) is 0 Å². The van der Waals surface area contributed by atoms with E-state index < -0.39 is 0 Å². The summed E-state index contributed by atoms with van der Waals surface area (Å²) in [6.07, 6.45) is 7.13. The first-order valence-electron chi connectivity index (χ1n) is 9.22. The van der Waals surface area contributed by atoms with Gasteiger partial charge in [-0.3, -0.25) is 14.7 Å². The highest BCUT2D eigenvalue weighted by atomic mass is 16.5. The highest BCUT2D eigenvalue weighted by Crippen LogP contribution is 2.19. The molecule has 0 aromatic carbocycles. The molecular formula is C19H31N3O2. The molecule has 1 aromatic heterocycles. The van der Waals surface area contributed by atoms with Gasteiger partial charge in [0.15, 0.2) is 0 Å². The van der Waals surface area contributed by atoms with E-state index in [4.69, 9.17) is 4.74 Å². The van der Waals surface area contributed by atoms with Crippen molar-refractivity contribution >= 4 is 5.91 Å². The molecule has 1 N–H and O–H groups in total. The SMILES string of the molecule is CCC(CC)C(CNC(=O)CCc1cccnc1)N1CCOCC1. The molecule has 5 nitrogen and oxygen atoms in total. The molecule has 1 aliphatic rings. The number of morpholine rings is 1. The van der Waals surface area contributed by atoms with Crippen molar-refractivity contribution < 1.29 is 9.53 Å². The first kappa shape index (κ1) is 18.9. The average molecular weight is 333 g/mol. The van der Waals surface area contributed by atoms with Crippen molar-refractivity contribution in [3.05, 3.63) is 30.1 Å². The lowest BCUT2D eigenvalue weighted by molar-refractivity contribution is -0.121. The highest BCUT2D eigenvalue weighted by molar-refractivity contribution is 5.76. The molecule has 1 amide bonds. The number of hydrogen-bond donors (Lipinski definition) is 1. The second kappa shape index (κ2) is 10.4. The Bertz CT molecular complexity index is 471. The number of hydrogen-bond acceptors (Lipinski definition) is 4. The molecule has 5 heteroatoms. The van der Waals surface area contributed by atoms with Crippen LogP contribution in [-0.2, 0) is 16.0 Å². The zero-order chi connectivity index (χ0) is 17.2. The molecule has 0 radical (unpaired) electrons. The van der Waals surface area contributed by atoms with Crippen molar-refractivity contribution in [3.8, 4) is 0 Å². The van der Waals surface area contributed by atoms with E-state index >= 15 is 0 Å². The Morgan fingerprint density at radius 1 is 1.33 bits per heavy atom. The van der Waals surface area contributed by atoms with Crippen molar-refractivity contribution in [3.63, 3.8) is 0 Å². The number of nitrogens with zero attached hydrogens (tertiary/aromatic N) is 2. The van der Waals surface area contributed by atoms with Gasteiger partial charge in [-0.05, 0) is 24.0 Å². The van der Waals surface area contributed by atoms with Gasteiger partial charge in [-0.1, -0.05) is 32.8 Å². The molecular weight excluding hydrogens is 302 g/mol. The van der Waals surface area contributed by atoms with Crippen molar-refractivity contribution in [1.29, 1.82) is 0 Å². The van der Waals surface area contributed by atoms with Gasteiger partial charge in [0.25, 0.3) is 0 Å². The lowest BCUT2D eigenvalue weighted by atomic mass is 9.92. The minimum absolute atomic E-state index is 0.128. The summed E-state index contributed by atoms with van der Waals surface area (Å²) < 4.78 is 5.48. The summed E-state index contributed by atoms with van der Waals surface area (Å²) in [5, 5.41) is 3.16. The summed E-state index contributed by atoms with van der Waals surface area (Å²) in [6.45, 7) is 8.74. The van der Waals surface area contributed by atoms with Gasteiger partial charge >= 0.3 is 0 Å². The summed E-state index contributed by atoms with van der Waals surface area (Å²) in [5.41, 5.74) is 1.11. The number of rotatable bonds is 9. The summed E-state index contributed by atoms with van der Waals surface area (Å²) in [4.78, 5) is 18.8. The lowest BCUT2D eigenvalue weighted by Crippen LogP contribution is -2.52. The Labute approximate surface area is 145 Å². The van der Waals surface area contributed by atoms with Crippen LogP contribution < -0.4 is 5.32 Å². The summed E-state index contributed by atoms with van der Waals surface area (Å²) in [6, 6.07) is 4.33. The van der Waals surface area contributed by atoms with Gasteiger partial charge < -0.3 is 10.1 Å². The van der Waals surface area contributed by atoms with Crippen LogP contribution in [0.1, 0.15) is 38.7 Å². The standard InChI is InChI=1S/C19H31N3O2/c1-3-17(4-2)18(22-10-12-24-13-11-22)15-21-19(23)8-7-16-6-5-9-20-14-16/h5-6,9,14,17-18H,3-4,7-8,10-13,15H2,1-2H3,(H,21,23). The smallest absolute Gasteiger partial charge is 0.220 e. The second-order valence-electron chi connectivity index (χ2n) is 6.46. The maximum absolute atomic E-state index is 12.2. The van der Waals surface area contributed by atoms with Gasteiger partial charge in [0, 0.05) is 44.5 Å². The normalized spacial score (nSPS) is 17.0. The van der Waals surface area contributed by atoms with Crippen LogP contribution in [0.25, 0.3) is 0 Å². The monoisotopic (exact) mass is 333 g/mol. The molecule has 1 aliphatic heterocycles. The zero-order valence-electron chi connectivity index (χ0n) is 15.0. The van der Waals surface area contributed by atoms with Crippen molar-refractivity contribution in [1.82, 2.24) is 15.2 Å². The van der Waals surface area contributed by atoms with E-state index in [1.54, 1.807) is 6.20 Å². The van der Waals surface area contributed by atoms with Crippen molar-refractivity contribution in [2.75, 3.05) is 32.8 Å². The van der Waals surface area contributed by atoms with Crippen LogP contribution in [0.5, 0.6) is 0 Å². The molecule has 1 aromatic rings. The molecule has 0 saturated carbocycles. The molecule has 1 saturated heterocycles. The van der Waals surface area contributed by atoms with Crippen LogP contribution in [0, 0.1) is 5.92 Å². The third kappa shape index (κ3) is 5.87. The fourth-order valence-corrected chi connectivity index (χ4v) is 3.45. The Morgan fingerprint density at radius 3 is 2.71 bits per heavy atom. The van der Waals surface area contributed by atoms with Crippen LogP contribution in [0.4, 0.5) is 0 Å². The average Bonchev–Trinajstić information content (AvgIpc) is 2.65. The van der Waals surface area contributed by atoms with Gasteiger partial charge in [0.2, 0.25) is 5.91 Å². The highest BCUT2D eigenvalue weighted by Gasteiger charge is 2.27. The third-order valence-electron chi connectivity index (χ3n) is 4.98. The van der Waals surface area contributed by atoms with Gasteiger partial charge in [-0.25, -0.2) is 0 Å². The summed E-state index contributed by atoms with van der Waals surface area (Å²) in [5.74, 6) is 0.741. The second-order valence-corrected chi connectivity index (χ2v) is 6.46. The van der Waals surface area contributed by atoms with Crippen LogP contribution in [0.3, 0.4) is 0 Å². The van der Waals surface area contributed by atoms with E-state index in [0.717, 1.165) is 57.7 Å². The van der Waals surface area contributed by atoms with Crippen LogP contribution in [0.15, 0.2) is 24.5 Å². The van der Waals surface area contributed by atoms with Crippen LogP contribution in [0.2, 0.25) is 0 Å². The molecule has 134 valence electrons. The molecule has 1 atom stereocenters. The van der Waals surface area contributed by atoms with Gasteiger partial charge in [0.1, 0.15) is 0 Å². The maximum atomic E-state index is 12.2. The number of pyridine rings is 1. The zero-order valence-corrected chi connectivity index (χ0v) is 15.0. The van der Waals surface area contributed by atoms with Crippen molar-refractivity contribution in [2.24, 2.45) is 5.92 Å². The van der Waals surface area contributed by atoms with E-state index in [0.29, 0.717) is 18.4 Å². The van der Waals surface area contributed by atoms with Crippen LogP contribution >= 0.6 is 0 Å². The molecule has 0 spiro atoms. The minimum atomic E-state index is 0.128. The quantitative estimate of drug-likeness (QED) is 0.753. The van der Waals surface area contributed by atoms with E-state index in [1.165, 1.54) is 0 Å². The first-order valence-corrected chi connectivity index (χ1v) is 9.22. The molecule has 0 aliphatic carbocycles. The van der Waals surface area contributed by atoms with Gasteiger partial charge in [0.05, 0.1) is 13.2 Å². The fraction of sp³-hybridized carbons (Fsp3) is 0.684.